The van der Waals surface area contributed by atoms with Crippen LogP contribution < -0.4 is 4.74 Å². The van der Waals surface area contributed by atoms with Gasteiger partial charge in [0.2, 0.25) is 5.88 Å². The standard InChI is InChI=1S/C14H18N2O4/c1-20-12-7-6-10(8-15-12)14(19)16(9-13(17)18)11-4-2-3-5-11/h6-8,11H,2-5,9H2,1H3,(H,17,18). The first kappa shape index (κ1) is 14.3. The fourth-order valence-electron chi connectivity index (χ4n) is 2.52. The molecule has 1 N–H and O–H groups in total. The van der Waals surface area contributed by atoms with Crippen LogP contribution in [-0.4, -0.2) is 46.6 Å². The maximum absolute atomic E-state index is 12.4. The van der Waals surface area contributed by atoms with E-state index in [1.54, 1.807) is 12.1 Å². The van der Waals surface area contributed by atoms with Crippen molar-refractivity contribution in [2.45, 2.75) is 31.7 Å². The number of hydrogen-bond donors (Lipinski definition) is 1. The number of carbonyl (C=O) groups is 2. The molecule has 1 heterocycles. The van der Waals surface area contributed by atoms with Gasteiger partial charge >= 0.3 is 5.97 Å². The molecule has 0 aromatic carbocycles. The second-order valence-corrected chi connectivity index (χ2v) is 4.85. The number of carboxylic acids is 1. The summed E-state index contributed by atoms with van der Waals surface area (Å²) in [4.78, 5) is 28.9. The second-order valence-electron chi connectivity index (χ2n) is 4.85. The molecule has 0 unspecified atom stereocenters. The van der Waals surface area contributed by atoms with Crippen molar-refractivity contribution in [1.29, 1.82) is 0 Å². The van der Waals surface area contributed by atoms with E-state index in [2.05, 4.69) is 4.98 Å². The zero-order chi connectivity index (χ0) is 14.5. The topological polar surface area (TPSA) is 79.7 Å². The summed E-state index contributed by atoms with van der Waals surface area (Å²) in [5, 5.41) is 8.99. The molecule has 108 valence electrons. The summed E-state index contributed by atoms with van der Waals surface area (Å²) >= 11 is 0. The number of hydrogen-bond acceptors (Lipinski definition) is 4. The van der Waals surface area contributed by atoms with Gasteiger partial charge in [-0.15, -0.1) is 0 Å². The molecule has 1 fully saturated rings. The van der Waals surface area contributed by atoms with Crippen LogP contribution in [0.2, 0.25) is 0 Å². The maximum Gasteiger partial charge on any atom is 0.323 e. The van der Waals surface area contributed by atoms with E-state index in [1.165, 1.54) is 18.2 Å². The summed E-state index contributed by atoms with van der Waals surface area (Å²) in [6.45, 7) is -0.268. The van der Waals surface area contributed by atoms with Crippen LogP contribution in [0.1, 0.15) is 36.0 Å². The maximum atomic E-state index is 12.4. The van der Waals surface area contributed by atoms with E-state index in [1.807, 2.05) is 0 Å². The van der Waals surface area contributed by atoms with Gasteiger partial charge in [-0.05, 0) is 18.9 Å². The molecule has 2 rings (SSSR count). The third kappa shape index (κ3) is 3.26. The third-order valence-electron chi connectivity index (χ3n) is 3.52. The first-order chi connectivity index (χ1) is 9.61. The highest BCUT2D eigenvalue weighted by Crippen LogP contribution is 2.25. The van der Waals surface area contributed by atoms with Crippen LogP contribution in [0.5, 0.6) is 5.88 Å². The van der Waals surface area contributed by atoms with Crippen molar-refractivity contribution in [3.8, 4) is 5.88 Å². The molecule has 0 aliphatic heterocycles. The third-order valence-corrected chi connectivity index (χ3v) is 3.52. The zero-order valence-electron chi connectivity index (χ0n) is 11.4. The van der Waals surface area contributed by atoms with Gasteiger partial charge in [0.1, 0.15) is 6.54 Å². The lowest BCUT2D eigenvalue weighted by Crippen LogP contribution is -2.42. The number of nitrogens with zero attached hydrogens (tertiary/aromatic N) is 2. The molecule has 0 saturated heterocycles. The molecule has 1 aliphatic rings. The normalized spacial score (nSPS) is 15.1. The van der Waals surface area contributed by atoms with Gasteiger partial charge in [-0.3, -0.25) is 9.59 Å². The number of ether oxygens (including phenoxy) is 1. The summed E-state index contributed by atoms with van der Waals surface area (Å²) in [6.07, 6.45) is 5.22. The molecule has 1 amide bonds. The monoisotopic (exact) mass is 278 g/mol. The Morgan fingerprint density at radius 1 is 1.40 bits per heavy atom. The average Bonchev–Trinajstić information content (AvgIpc) is 2.98. The highest BCUT2D eigenvalue weighted by Gasteiger charge is 2.29. The van der Waals surface area contributed by atoms with Crippen LogP contribution in [0.4, 0.5) is 0 Å². The first-order valence-corrected chi connectivity index (χ1v) is 6.64. The number of amides is 1. The van der Waals surface area contributed by atoms with Gasteiger partial charge in [0.25, 0.3) is 5.91 Å². The Labute approximate surface area is 117 Å². The van der Waals surface area contributed by atoms with Crippen molar-refractivity contribution >= 4 is 11.9 Å². The van der Waals surface area contributed by atoms with Crippen molar-refractivity contribution in [2.24, 2.45) is 0 Å². The molecule has 1 aromatic heterocycles. The summed E-state index contributed by atoms with van der Waals surface area (Å²) in [6, 6.07) is 3.22. The molecule has 6 nitrogen and oxygen atoms in total. The summed E-state index contributed by atoms with van der Waals surface area (Å²) in [7, 11) is 1.50. The van der Waals surface area contributed by atoms with E-state index in [0.717, 1.165) is 25.7 Å². The molecule has 1 aliphatic carbocycles. The van der Waals surface area contributed by atoms with E-state index in [9.17, 15) is 9.59 Å². The van der Waals surface area contributed by atoms with Crippen molar-refractivity contribution in [1.82, 2.24) is 9.88 Å². The van der Waals surface area contributed by atoms with E-state index in [0.29, 0.717) is 11.4 Å². The molecule has 0 bridgehead atoms. The Morgan fingerprint density at radius 2 is 2.10 bits per heavy atom. The zero-order valence-corrected chi connectivity index (χ0v) is 11.4. The van der Waals surface area contributed by atoms with Gasteiger partial charge in [-0.25, -0.2) is 4.98 Å². The lowest BCUT2D eigenvalue weighted by Gasteiger charge is -2.27. The molecule has 20 heavy (non-hydrogen) atoms. The quantitative estimate of drug-likeness (QED) is 0.884. The largest absolute Gasteiger partial charge is 0.481 e. The van der Waals surface area contributed by atoms with Gasteiger partial charge in [-0.2, -0.15) is 0 Å². The minimum absolute atomic E-state index is 0.0145. The van der Waals surface area contributed by atoms with E-state index >= 15 is 0 Å². The number of aliphatic carboxylic acids is 1. The van der Waals surface area contributed by atoms with Crippen LogP contribution >= 0.6 is 0 Å². The van der Waals surface area contributed by atoms with Crippen molar-refractivity contribution in [3.63, 3.8) is 0 Å². The van der Waals surface area contributed by atoms with Crippen molar-refractivity contribution in [3.05, 3.63) is 23.9 Å². The molecular formula is C14H18N2O4. The van der Waals surface area contributed by atoms with E-state index < -0.39 is 5.97 Å². The number of carbonyl (C=O) groups excluding carboxylic acids is 1. The highest BCUT2D eigenvalue weighted by atomic mass is 16.5. The molecule has 1 aromatic rings. The van der Waals surface area contributed by atoms with E-state index in [4.69, 9.17) is 9.84 Å². The smallest absolute Gasteiger partial charge is 0.323 e. The van der Waals surface area contributed by atoms with Gasteiger partial charge in [0.15, 0.2) is 0 Å². The average molecular weight is 278 g/mol. The Bertz CT molecular complexity index is 480. The Balaban J connectivity index is 2.17. The van der Waals surface area contributed by atoms with E-state index in [-0.39, 0.29) is 18.5 Å². The molecule has 6 heteroatoms. The van der Waals surface area contributed by atoms with Crippen LogP contribution in [-0.2, 0) is 4.79 Å². The SMILES string of the molecule is COc1ccc(C(=O)N(CC(=O)O)C2CCCC2)cn1. The summed E-state index contributed by atoms with van der Waals surface area (Å²) in [5.74, 6) is -0.853. The predicted octanol–water partition coefficient (Wildman–Crippen LogP) is 1.56. The summed E-state index contributed by atoms with van der Waals surface area (Å²) in [5.41, 5.74) is 0.388. The lowest BCUT2D eigenvalue weighted by molar-refractivity contribution is -0.138. The number of carboxylic acid groups (broad SMARTS) is 1. The van der Waals surface area contributed by atoms with Crippen molar-refractivity contribution < 1.29 is 19.4 Å². The fourth-order valence-corrected chi connectivity index (χ4v) is 2.52. The highest BCUT2D eigenvalue weighted by molar-refractivity contribution is 5.95. The van der Waals surface area contributed by atoms with Crippen LogP contribution in [0.3, 0.4) is 0 Å². The van der Waals surface area contributed by atoms with Gasteiger partial charge in [-0.1, -0.05) is 12.8 Å². The van der Waals surface area contributed by atoms with Gasteiger partial charge in [0.05, 0.1) is 12.7 Å². The Kier molecular flexibility index (Phi) is 4.55. The van der Waals surface area contributed by atoms with Gasteiger partial charge < -0.3 is 14.7 Å². The minimum Gasteiger partial charge on any atom is -0.481 e. The Hall–Kier alpha value is -2.11. The van der Waals surface area contributed by atoms with Gasteiger partial charge in [0, 0.05) is 18.3 Å². The molecule has 0 radical (unpaired) electrons. The van der Waals surface area contributed by atoms with Crippen LogP contribution in [0.15, 0.2) is 18.3 Å². The molecule has 1 saturated carbocycles. The number of methoxy groups -OCH3 is 1. The fraction of sp³-hybridized carbons (Fsp3) is 0.500. The molecular weight excluding hydrogens is 260 g/mol. The number of aromatic nitrogens is 1. The first-order valence-electron chi connectivity index (χ1n) is 6.64. The van der Waals surface area contributed by atoms with Crippen LogP contribution in [0.25, 0.3) is 0 Å². The Morgan fingerprint density at radius 3 is 2.60 bits per heavy atom. The summed E-state index contributed by atoms with van der Waals surface area (Å²) < 4.78 is 4.94. The predicted molar refractivity (Wildman–Crippen MR) is 71.7 cm³/mol. The molecule has 0 atom stereocenters. The molecule has 0 spiro atoms. The minimum atomic E-state index is -0.994. The number of rotatable bonds is 5. The van der Waals surface area contributed by atoms with Crippen molar-refractivity contribution in [2.75, 3.05) is 13.7 Å². The van der Waals surface area contributed by atoms with Crippen LogP contribution in [0, 0.1) is 0 Å². The lowest BCUT2D eigenvalue weighted by atomic mass is 10.1. The second kappa shape index (κ2) is 6.36. The number of pyridine rings is 1.